The molecule has 0 aliphatic carbocycles. The van der Waals surface area contributed by atoms with Crippen LogP contribution in [0.25, 0.3) is 0 Å². The number of aryl methyl sites for hydroxylation is 1. The summed E-state index contributed by atoms with van der Waals surface area (Å²) >= 11 is 6.14. The van der Waals surface area contributed by atoms with Crippen LogP contribution >= 0.6 is 11.6 Å². The van der Waals surface area contributed by atoms with Gasteiger partial charge in [-0.2, -0.15) is 0 Å². The minimum absolute atomic E-state index is 0.167. The smallest absolute Gasteiger partial charge is 0.253 e. The minimum atomic E-state index is -0.444. The summed E-state index contributed by atoms with van der Waals surface area (Å²) in [6, 6.07) is 14.2. The maximum atomic E-state index is 12.3. The van der Waals surface area contributed by atoms with E-state index in [1.807, 2.05) is 43.3 Å². The van der Waals surface area contributed by atoms with Crippen molar-refractivity contribution in [3.63, 3.8) is 0 Å². The summed E-state index contributed by atoms with van der Waals surface area (Å²) in [7, 11) is 0. The molecule has 2 aromatic rings. The molecule has 0 bridgehead atoms. The standard InChI is InChI=1S/C16H16ClNO2/c1-11-6-5-9-13(15(11)17)16(20)18-14(10-19)12-7-3-2-4-8-12/h2-9,14,19H,10H2,1H3,(H,18,20). The molecule has 0 aliphatic rings. The Bertz CT molecular complexity index is 599. The lowest BCUT2D eigenvalue weighted by Gasteiger charge is -2.17. The average molecular weight is 290 g/mol. The van der Waals surface area contributed by atoms with Gasteiger partial charge in [0.2, 0.25) is 0 Å². The molecule has 2 rings (SSSR count). The molecule has 0 fully saturated rings. The third-order valence-corrected chi connectivity index (χ3v) is 3.63. The van der Waals surface area contributed by atoms with E-state index in [9.17, 15) is 9.90 Å². The van der Waals surface area contributed by atoms with E-state index >= 15 is 0 Å². The fourth-order valence-electron chi connectivity index (χ4n) is 1.98. The van der Waals surface area contributed by atoms with Gasteiger partial charge in [-0.05, 0) is 24.1 Å². The molecule has 1 amide bonds. The molecule has 2 aromatic carbocycles. The van der Waals surface area contributed by atoms with E-state index in [4.69, 9.17) is 11.6 Å². The number of halogens is 1. The number of rotatable bonds is 4. The van der Waals surface area contributed by atoms with Crippen LogP contribution in [0, 0.1) is 6.92 Å². The van der Waals surface area contributed by atoms with Crippen molar-refractivity contribution in [1.29, 1.82) is 0 Å². The Labute approximate surface area is 123 Å². The zero-order valence-electron chi connectivity index (χ0n) is 11.1. The van der Waals surface area contributed by atoms with Crippen LogP contribution in [-0.2, 0) is 0 Å². The predicted molar refractivity (Wildman–Crippen MR) is 79.9 cm³/mol. The van der Waals surface area contributed by atoms with Gasteiger partial charge in [-0.1, -0.05) is 54.1 Å². The van der Waals surface area contributed by atoms with Crippen LogP contribution in [0.3, 0.4) is 0 Å². The Hall–Kier alpha value is -1.84. The fraction of sp³-hybridized carbons (Fsp3) is 0.188. The zero-order valence-corrected chi connectivity index (χ0v) is 11.9. The highest BCUT2D eigenvalue weighted by Gasteiger charge is 2.17. The third kappa shape index (κ3) is 3.18. The van der Waals surface area contributed by atoms with E-state index in [0.29, 0.717) is 10.6 Å². The van der Waals surface area contributed by atoms with Crippen molar-refractivity contribution in [2.45, 2.75) is 13.0 Å². The third-order valence-electron chi connectivity index (χ3n) is 3.13. The highest BCUT2D eigenvalue weighted by molar-refractivity contribution is 6.34. The van der Waals surface area contributed by atoms with Gasteiger partial charge in [-0.15, -0.1) is 0 Å². The summed E-state index contributed by atoms with van der Waals surface area (Å²) in [6.07, 6.45) is 0. The first-order valence-electron chi connectivity index (χ1n) is 6.35. The summed E-state index contributed by atoms with van der Waals surface area (Å²) in [4.78, 5) is 12.3. The molecule has 20 heavy (non-hydrogen) atoms. The molecule has 104 valence electrons. The molecule has 4 heteroatoms. The van der Waals surface area contributed by atoms with Crippen molar-refractivity contribution in [2.75, 3.05) is 6.61 Å². The second kappa shape index (κ2) is 6.55. The summed E-state index contributed by atoms with van der Waals surface area (Å²) in [5, 5.41) is 12.7. The molecule has 0 radical (unpaired) electrons. The van der Waals surface area contributed by atoms with E-state index in [2.05, 4.69) is 5.32 Å². The van der Waals surface area contributed by atoms with Crippen LogP contribution < -0.4 is 5.32 Å². The fourth-order valence-corrected chi connectivity index (χ4v) is 2.19. The number of nitrogens with one attached hydrogen (secondary N) is 1. The number of aliphatic hydroxyl groups excluding tert-OH is 1. The second-order valence-corrected chi connectivity index (χ2v) is 4.93. The maximum Gasteiger partial charge on any atom is 0.253 e. The summed E-state index contributed by atoms with van der Waals surface area (Å²) in [5.41, 5.74) is 2.12. The number of amides is 1. The highest BCUT2D eigenvalue weighted by atomic mass is 35.5. The normalized spacial score (nSPS) is 11.9. The van der Waals surface area contributed by atoms with Gasteiger partial charge in [0.1, 0.15) is 0 Å². The van der Waals surface area contributed by atoms with E-state index < -0.39 is 6.04 Å². The Morgan fingerprint density at radius 3 is 2.55 bits per heavy atom. The molecule has 1 atom stereocenters. The lowest BCUT2D eigenvalue weighted by atomic mass is 10.1. The van der Waals surface area contributed by atoms with Gasteiger partial charge in [0.05, 0.1) is 23.2 Å². The number of hydrogen-bond acceptors (Lipinski definition) is 2. The lowest BCUT2D eigenvalue weighted by Crippen LogP contribution is -2.31. The molecule has 0 aliphatic heterocycles. The van der Waals surface area contributed by atoms with Crippen LogP contribution in [0.1, 0.15) is 27.5 Å². The van der Waals surface area contributed by atoms with E-state index in [1.165, 1.54) is 0 Å². The van der Waals surface area contributed by atoms with E-state index in [1.54, 1.807) is 12.1 Å². The monoisotopic (exact) mass is 289 g/mol. The average Bonchev–Trinajstić information content (AvgIpc) is 2.48. The summed E-state index contributed by atoms with van der Waals surface area (Å²) in [6.45, 7) is 1.68. The largest absolute Gasteiger partial charge is 0.394 e. The number of carbonyl (C=O) groups is 1. The van der Waals surface area contributed by atoms with Crippen molar-refractivity contribution in [3.8, 4) is 0 Å². The summed E-state index contributed by atoms with van der Waals surface area (Å²) in [5.74, 6) is -0.290. The predicted octanol–water partition coefficient (Wildman–Crippen LogP) is 3.11. The van der Waals surface area contributed by atoms with E-state index in [-0.39, 0.29) is 12.5 Å². The molecular weight excluding hydrogens is 274 g/mol. The Morgan fingerprint density at radius 1 is 1.20 bits per heavy atom. The van der Waals surface area contributed by atoms with Crippen molar-refractivity contribution in [2.24, 2.45) is 0 Å². The number of hydrogen-bond donors (Lipinski definition) is 2. The number of carbonyl (C=O) groups excluding carboxylic acids is 1. The first-order valence-corrected chi connectivity index (χ1v) is 6.73. The van der Waals surface area contributed by atoms with Crippen molar-refractivity contribution < 1.29 is 9.90 Å². The van der Waals surface area contributed by atoms with Crippen LogP contribution in [0.4, 0.5) is 0 Å². The molecule has 0 aromatic heterocycles. The molecule has 0 saturated heterocycles. The van der Waals surface area contributed by atoms with E-state index in [0.717, 1.165) is 11.1 Å². The number of aliphatic hydroxyl groups is 1. The highest BCUT2D eigenvalue weighted by Crippen LogP contribution is 2.21. The van der Waals surface area contributed by atoms with Gasteiger partial charge in [0, 0.05) is 0 Å². The molecule has 3 nitrogen and oxygen atoms in total. The molecule has 0 saturated carbocycles. The summed E-state index contributed by atoms with van der Waals surface area (Å²) < 4.78 is 0. The van der Waals surface area contributed by atoms with Gasteiger partial charge in [-0.3, -0.25) is 4.79 Å². The molecule has 0 spiro atoms. The van der Waals surface area contributed by atoms with Gasteiger partial charge in [-0.25, -0.2) is 0 Å². The van der Waals surface area contributed by atoms with Crippen LogP contribution in [-0.4, -0.2) is 17.6 Å². The Kier molecular flexibility index (Phi) is 4.77. The van der Waals surface area contributed by atoms with Crippen molar-refractivity contribution in [1.82, 2.24) is 5.32 Å². The van der Waals surface area contributed by atoms with Crippen LogP contribution in [0.5, 0.6) is 0 Å². The molecule has 0 heterocycles. The first-order chi connectivity index (χ1) is 9.63. The first kappa shape index (κ1) is 14.6. The van der Waals surface area contributed by atoms with Gasteiger partial charge < -0.3 is 10.4 Å². The lowest BCUT2D eigenvalue weighted by molar-refractivity contribution is 0.0916. The second-order valence-electron chi connectivity index (χ2n) is 4.56. The Balaban J connectivity index is 2.20. The maximum absolute atomic E-state index is 12.3. The van der Waals surface area contributed by atoms with Crippen LogP contribution in [0.2, 0.25) is 5.02 Å². The van der Waals surface area contributed by atoms with Crippen molar-refractivity contribution in [3.05, 3.63) is 70.2 Å². The van der Waals surface area contributed by atoms with Gasteiger partial charge in [0.15, 0.2) is 0 Å². The Morgan fingerprint density at radius 2 is 1.90 bits per heavy atom. The molecule has 2 N–H and O–H groups in total. The molecular formula is C16H16ClNO2. The zero-order chi connectivity index (χ0) is 14.5. The number of benzene rings is 2. The van der Waals surface area contributed by atoms with Crippen molar-refractivity contribution >= 4 is 17.5 Å². The quantitative estimate of drug-likeness (QED) is 0.908. The molecule has 1 unspecified atom stereocenters. The van der Waals surface area contributed by atoms with Crippen LogP contribution in [0.15, 0.2) is 48.5 Å². The topological polar surface area (TPSA) is 49.3 Å². The van der Waals surface area contributed by atoms with Gasteiger partial charge >= 0.3 is 0 Å². The minimum Gasteiger partial charge on any atom is -0.394 e. The van der Waals surface area contributed by atoms with Gasteiger partial charge in [0.25, 0.3) is 5.91 Å². The SMILES string of the molecule is Cc1cccc(C(=O)NC(CO)c2ccccc2)c1Cl.